The number of nitrogens with one attached hydrogen (secondary N) is 1. The highest BCUT2D eigenvalue weighted by Crippen LogP contribution is 2.38. The first-order valence-electron chi connectivity index (χ1n) is 7.86. The fourth-order valence-electron chi connectivity index (χ4n) is 3.46. The van der Waals surface area contributed by atoms with E-state index in [1.165, 1.54) is 32.2 Å². The van der Waals surface area contributed by atoms with Crippen LogP contribution in [0.1, 0.15) is 58.8 Å². The van der Waals surface area contributed by atoms with Crippen molar-refractivity contribution in [3.05, 3.63) is 0 Å². The normalized spacial score (nSPS) is 32.3. The molecular formula is C15H30N2O. The van der Waals surface area contributed by atoms with Gasteiger partial charge in [0.25, 0.3) is 0 Å². The average molecular weight is 254 g/mol. The van der Waals surface area contributed by atoms with Crippen molar-refractivity contribution < 1.29 is 5.11 Å². The Morgan fingerprint density at radius 1 is 1.17 bits per heavy atom. The first-order valence-corrected chi connectivity index (χ1v) is 7.86. The summed E-state index contributed by atoms with van der Waals surface area (Å²) >= 11 is 0. The Hall–Kier alpha value is -0.120. The maximum Gasteiger partial charge on any atom is 0.0613 e. The van der Waals surface area contributed by atoms with Gasteiger partial charge in [0.1, 0.15) is 0 Å². The molecule has 0 heterocycles. The van der Waals surface area contributed by atoms with E-state index in [1.54, 1.807) is 0 Å². The van der Waals surface area contributed by atoms with Crippen LogP contribution in [0.3, 0.4) is 0 Å². The lowest BCUT2D eigenvalue weighted by atomic mass is 9.98. The predicted molar refractivity (Wildman–Crippen MR) is 75.8 cm³/mol. The van der Waals surface area contributed by atoms with Crippen molar-refractivity contribution in [1.29, 1.82) is 0 Å². The van der Waals surface area contributed by atoms with E-state index in [2.05, 4.69) is 24.1 Å². The van der Waals surface area contributed by atoms with Gasteiger partial charge in [0.05, 0.1) is 6.61 Å². The van der Waals surface area contributed by atoms with Crippen LogP contribution in [-0.4, -0.2) is 47.3 Å². The van der Waals surface area contributed by atoms with Gasteiger partial charge in [-0.2, -0.15) is 0 Å². The first kappa shape index (κ1) is 14.3. The first-order chi connectivity index (χ1) is 8.74. The van der Waals surface area contributed by atoms with Gasteiger partial charge >= 0.3 is 0 Å². The second-order valence-electron chi connectivity index (χ2n) is 6.23. The van der Waals surface area contributed by atoms with Crippen molar-refractivity contribution in [2.24, 2.45) is 0 Å². The topological polar surface area (TPSA) is 35.5 Å². The molecule has 0 bridgehead atoms. The van der Waals surface area contributed by atoms with Gasteiger partial charge in [0, 0.05) is 17.6 Å². The molecule has 0 spiro atoms. The molecule has 2 fully saturated rings. The molecule has 0 amide bonds. The molecule has 0 aromatic heterocycles. The fraction of sp³-hybridized carbons (Fsp3) is 1.00. The molecule has 0 aromatic rings. The standard InChI is InChI=1S/C15H30N2O/c1-3-9-16-15(12-18)8-7-14(11-15)17(10-4-2)13-5-6-13/h13-14,16,18H,3-12H2,1-2H3. The molecule has 0 aliphatic heterocycles. The number of hydrogen-bond donors (Lipinski definition) is 2. The fourth-order valence-corrected chi connectivity index (χ4v) is 3.46. The van der Waals surface area contributed by atoms with Crippen LogP contribution >= 0.6 is 0 Å². The smallest absolute Gasteiger partial charge is 0.0613 e. The Morgan fingerprint density at radius 2 is 1.94 bits per heavy atom. The van der Waals surface area contributed by atoms with Gasteiger partial charge in [-0.3, -0.25) is 4.90 Å². The highest BCUT2D eigenvalue weighted by molar-refractivity contribution is 5.02. The van der Waals surface area contributed by atoms with Crippen molar-refractivity contribution in [3.8, 4) is 0 Å². The molecule has 0 aromatic carbocycles. The minimum Gasteiger partial charge on any atom is -0.394 e. The second-order valence-corrected chi connectivity index (χ2v) is 6.23. The van der Waals surface area contributed by atoms with Gasteiger partial charge in [-0.05, 0) is 58.0 Å². The van der Waals surface area contributed by atoms with Crippen LogP contribution in [-0.2, 0) is 0 Å². The van der Waals surface area contributed by atoms with Crippen molar-refractivity contribution in [2.75, 3.05) is 19.7 Å². The summed E-state index contributed by atoms with van der Waals surface area (Å²) in [6.45, 7) is 7.04. The van der Waals surface area contributed by atoms with E-state index in [1.807, 2.05) is 0 Å². The highest BCUT2D eigenvalue weighted by atomic mass is 16.3. The number of aliphatic hydroxyl groups is 1. The van der Waals surface area contributed by atoms with Crippen LogP contribution in [0.25, 0.3) is 0 Å². The largest absolute Gasteiger partial charge is 0.394 e. The lowest BCUT2D eigenvalue weighted by Gasteiger charge is -2.32. The van der Waals surface area contributed by atoms with Crippen molar-refractivity contribution in [1.82, 2.24) is 10.2 Å². The monoisotopic (exact) mass is 254 g/mol. The molecule has 2 saturated carbocycles. The van der Waals surface area contributed by atoms with Gasteiger partial charge in [-0.25, -0.2) is 0 Å². The van der Waals surface area contributed by atoms with Gasteiger partial charge in [0.15, 0.2) is 0 Å². The Labute approximate surface area is 112 Å². The SMILES string of the molecule is CCCNC1(CO)CCC(N(CCC)C2CC2)C1. The zero-order valence-corrected chi connectivity index (χ0v) is 12.1. The molecule has 2 rings (SSSR count). The number of aliphatic hydroxyl groups excluding tert-OH is 1. The molecular weight excluding hydrogens is 224 g/mol. The molecule has 0 radical (unpaired) electrons. The Morgan fingerprint density at radius 3 is 2.50 bits per heavy atom. The van der Waals surface area contributed by atoms with E-state index in [0.717, 1.165) is 31.8 Å². The van der Waals surface area contributed by atoms with Crippen LogP contribution in [0.2, 0.25) is 0 Å². The minimum absolute atomic E-state index is 0.0154. The Kier molecular flexibility index (Phi) is 5.05. The van der Waals surface area contributed by atoms with Crippen LogP contribution in [0, 0.1) is 0 Å². The van der Waals surface area contributed by atoms with E-state index in [4.69, 9.17) is 0 Å². The van der Waals surface area contributed by atoms with E-state index in [-0.39, 0.29) is 5.54 Å². The van der Waals surface area contributed by atoms with Crippen LogP contribution < -0.4 is 5.32 Å². The molecule has 18 heavy (non-hydrogen) atoms. The van der Waals surface area contributed by atoms with E-state index >= 15 is 0 Å². The van der Waals surface area contributed by atoms with E-state index in [9.17, 15) is 5.11 Å². The Balaban J connectivity index is 1.91. The van der Waals surface area contributed by atoms with Gasteiger partial charge < -0.3 is 10.4 Å². The number of nitrogens with zero attached hydrogens (tertiary/aromatic N) is 1. The molecule has 2 atom stereocenters. The molecule has 2 aliphatic rings. The predicted octanol–water partition coefficient (Wildman–Crippen LogP) is 2.14. The molecule has 106 valence electrons. The van der Waals surface area contributed by atoms with Crippen LogP contribution in [0.4, 0.5) is 0 Å². The van der Waals surface area contributed by atoms with E-state index < -0.39 is 0 Å². The maximum atomic E-state index is 9.75. The summed E-state index contributed by atoms with van der Waals surface area (Å²) in [5, 5.41) is 13.3. The Bertz CT molecular complexity index is 255. The van der Waals surface area contributed by atoms with Crippen LogP contribution in [0.5, 0.6) is 0 Å². The second kappa shape index (κ2) is 6.36. The summed E-state index contributed by atoms with van der Waals surface area (Å²) in [6.07, 6.45) is 8.72. The zero-order valence-electron chi connectivity index (χ0n) is 12.1. The summed E-state index contributed by atoms with van der Waals surface area (Å²) in [4.78, 5) is 2.73. The van der Waals surface area contributed by atoms with Gasteiger partial charge in [-0.1, -0.05) is 13.8 Å². The van der Waals surface area contributed by atoms with E-state index in [0.29, 0.717) is 12.6 Å². The lowest BCUT2D eigenvalue weighted by Crippen LogP contribution is -2.48. The quantitative estimate of drug-likeness (QED) is 0.696. The van der Waals surface area contributed by atoms with Crippen LogP contribution in [0.15, 0.2) is 0 Å². The molecule has 2 aliphatic carbocycles. The zero-order chi connectivity index (χ0) is 13.0. The lowest BCUT2D eigenvalue weighted by molar-refractivity contribution is 0.138. The third kappa shape index (κ3) is 3.25. The molecule has 3 nitrogen and oxygen atoms in total. The number of hydrogen-bond acceptors (Lipinski definition) is 3. The third-order valence-corrected chi connectivity index (χ3v) is 4.60. The minimum atomic E-state index is 0.0154. The number of rotatable bonds is 8. The summed E-state index contributed by atoms with van der Waals surface area (Å²) < 4.78 is 0. The maximum absolute atomic E-state index is 9.75. The average Bonchev–Trinajstić information content (AvgIpc) is 3.14. The van der Waals surface area contributed by atoms with Crippen molar-refractivity contribution in [2.45, 2.75) is 76.4 Å². The van der Waals surface area contributed by atoms with Crippen molar-refractivity contribution >= 4 is 0 Å². The van der Waals surface area contributed by atoms with Gasteiger partial charge in [0.2, 0.25) is 0 Å². The molecule has 2 unspecified atom stereocenters. The summed E-state index contributed by atoms with van der Waals surface area (Å²) in [5.41, 5.74) is 0.0154. The molecule has 2 N–H and O–H groups in total. The molecule has 3 heteroatoms. The van der Waals surface area contributed by atoms with Crippen molar-refractivity contribution in [3.63, 3.8) is 0 Å². The summed E-state index contributed by atoms with van der Waals surface area (Å²) in [7, 11) is 0. The van der Waals surface area contributed by atoms with Gasteiger partial charge in [-0.15, -0.1) is 0 Å². The summed E-state index contributed by atoms with van der Waals surface area (Å²) in [5.74, 6) is 0. The highest BCUT2D eigenvalue weighted by Gasteiger charge is 2.43. The molecule has 0 saturated heterocycles. The summed E-state index contributed by atoms with van der Waals surface area (Å²) in [6, 6.07) is 1.56. The third-order valence-electron chi connectivity index (χ3n) is 4.60.